The van der Waals surface area contributed by atoms with Crippen LogP contribution in [0.5, 0.6) is 0 Å². The van der Waals surface area contributed by atoms with Crippen molar-refractivity contribution in [2.75, 3.05) is 0 Å². The van der Waals surface area contributed by atoms with Gasteiger partial charge in [0.2, 0.25) is 0 Å². The molecule has 130 valence electrons. The molecule has 24 heavy (non-hydrogen) atoms. The summed E-state index contributed by atoms with van der Waals surface area (Å²) in [5.74, 6) is 0. The standard InChI is InChI=1S/C24H34/c1-8-18-24(22(2,3)4,23(5,6)7)21-17-13-12-16-20(21)19-14-10-9-11-15-19/h9-17H,8,18H2,1-7H3. The van der Waals surface area contributed by atoms with E-state index in [1.165, 1.54) is 29.5 Å². The van der Waals surface area contributed by atoms with Gasteiger partial charge in [-0.15, -0.1) is 0 Å². The first-order valence-corrected chi connectivity index (χ1v) is 9.30. The van der Waals surface area contributed by atoms with Crippen LogP contribution in [0.2, 0.25) is 0 Å². The minimum Gasteiger partial charge on any atom is -0.0653 e. The fourth-order valence-electron chi connectivity index (χ4n) is 4.92. The first-order chi connectivity index (χ1) is 11.1. The topological polar surface area (TPSA) is 0 Å². The monoisotopic (exact) mass is 322 g/mol. The van der Waals surface area contributed by atoms with Gasteiger partial charge in [-0.05, 0) is 33.9 Å². The second kappa shape index (κ2) is 6.75. The fraction of sp³-hybridized carbons (Fsp3) is 0.500. The van der Waals surface area contributed by atoms with Crippen molar-refractivity contribution in [2.45, 2.75) is 66.7 Å². The third-order valence-corrected chi connectivity index (χ3v) is 5.66. The van der Waals surface area contributed by atoms with Crippen LogP contribution in [0.1, 0.15) is 66.9 Å². The molecule has 0 amide bonds. The number of rotatable bonds is 4. The van der Waals surface area contributed by atoms with E-state index in [1.807, 2.05) is 0 Å². The minimum atomic E-state index is 0.112. The van der Waals surface area contributed by atoms with Crippen molar-refractivity contribution >= 4 is 0 Å². The maximum absolute atomic E-state index is 2.41. The van der Waals surface area contributed by atoms with Crippen molar-refractivity contribution in [1.29, 1.82) is 0 Å². The predicted molar refractivity (Wildman–Crippen MR) is 107 cm³/mol. The van der Waals surface area contributed by atoms with Crippen molar-refractivity contribution < 1.29 is 0 Å². The zero-order valence-electron chi connectivity index (χ0n) is 16.6. The lowest BCUT2D eigenvalue weighted by atomic mass is 9.49. The summed E-state index contributed by atoms with van der Waals surface area (Å²) in [4.78, 5) is 0. The van der Waals surface area contributed by atoms with Crippen LogP contribution in [0.3, 0.4) is 0 Å². The van der Waals surface area contributed by atoms with E-state index < -0.39 is 0 Å². The van der Waals surface area contributed by atoms with Gasteiger partial charge >= 0.3 is 0 Å². The van der Waals surface area contributed by atoms with Crippen LogP contribution in [0.15, 0.2) is 54.6 Å². The molecule has 0 atom stereocenters. The van der Waals surface area contributed by atoms with E-state index in [-0.39, 0.29) is 16.2 Å². The molecule has 0 nitrogen and oxygen atoms in total. The molecule has 0 heteroatoms. The highest BCUT2D eigenvalue weighted by Crippen LogP contribution is 2.57. The molecule has 2 aromatic rings. The van der Waals surface area contributed by atoms with Gasteiger partial charge in [0.25, 0.3) is 0 Å². The SMILES string of the molecule is CCCC(c1ccccc1-c1ccccc1)(C(C)(C)C)C(C)(C)C. The molecule has 0 saturated heterocycles. The molecule has 0 spiro atoms. The lowest BCUT2D eigenvalue weighted by Gasteiger charge is -2.55. The van der Waals surface area contributed by atoms with E-state index >= 15 is 0 Å². The molecule has 0 aliphatic heterocycles. The summed E-state index contributed by atoms with van der Waals surface area (Å²) in [5.41, 5.74) is 4.66. The van der Waals surface area contributed by atoms with Gasteiger partial charge < -0.3 is 0 Å². The zero-order chi connectivity index (χ0) is 18.0. The minimum absolute atomic E-state index is 0.112. The number of hydrogen-bond donors (Lipinski definition) is 0. The third-order valence-electron chi connectivity index (χ3n) is 5.66. The van der Waals surface area contributed by atoms with Crippen LogP contribution in [0, 0.1) is 10.8 Å². The molecule has 0 saturated carbocycles. The second-order valence-corrected chi connectivity index (χ2v) is 9.07. The molecule has 0 unspecified atom stereocenters. The van der Waals surface area contributed by atoms with Crippen molar-refractivity contribution in [2.24, 2.45) is 10.8 Å². The predicted octanol–water partition coefficient (Wildman–Crippen LogP) is 7.48. The first kappa shape index (κ1) is 18.8. The quantitative estimate of drug-likeness (QED) is 0.547. The van der Waals surface area contributed by atoms with E-state index in [0.717, 1.165) is 0 Å². The van der Waals surface area contributed by atoms with E-state index in [1.54, 1.807) is 0 Å². The molecule has 2 rings (SSSR count). The Labute approximate surface area is 149 Å². The van der Waals surface area contributed by atoms with Gasteiger partial charge in [0.05, 0.1) is 0 Å². The fourth-order valence-corrected chi connectivity index (χ4v) is 4.92. The van der Waals surface area contributed by atoms with Gasteiger partial charge in [0, 0.05) is 5.41 Å². The molecule has 0 bridgehead atoms. The highest BCUT2D eigenvalue weighted by molar-refractivity contribution is 5.69. The molecule has 0 fully saturated rings. The lowest BCUT2D eigenvalue weighted by Crippen LogP contribution is -2.50. The summed E-state index contributed by atoms with van der Waals surface area (Å²) in [6.45, 7) is 16.8. The van der Waals surface area contributed by atoms with E-state index in [2.05, 4.69) is 103 Å². The number of hydrogen-bond acceptors (Lipinski definition) is 0. The Morgan fingerprint density at radius 3 is 1.67 bits per heavy atom. The van der Waals surface area contributed by atoms with Crippen molar-refractivity contribution in [3.05, 3.63) is 60.2 Å². The van der Waals surface area contributed by atoms with E-state index in [0.29, 0.717) is 0 Å². The summed E-state index contributed by atoms with van der Waals surface area (Å²) in [5, 5.41) is 0. The largest absolute Gasteiger partial charge is 0.0653 e. The molecule has 0 aliphatic rings. The Bertz CT molecular complexity index is 636. The van der Waals surface area contributed by atoms with Gasteiger partial charge in [0.15, 0.2) is 0 Å². The molecule has 0 N–H and O–H groups in total. The smallest absolute Gasteiger partial charge is 0.00559 e. The third kappa shape index (κ3) is 3.16. The zero-order valence-corrected chi connectivity index (χ0v) is 16.6. The lowest BCUT2D eigenvalue weighted by molar-refractivity contribution is 0.0418. The van der Waals surface area contributed by atoms with E-state index in [4.69, 9.17) is 0 Å². The molecular weight excluding hydrogens is 288 g/mol. The van der Waals surface area contributed by atoms with Crippen LogP contribution in [0.4, 0.5) is 0 Å². The Hall–Kier alpha value is -1.56. The summed E-state index contributed by atoms with van der Waals surface area (Å²) < 4.78 is 0. The highest BCUT2D eigenvalue weighted by Gasteiger charge is 2.51. The molecule has 2 aromatic carbocycles. The second-order valence-electron chi connectivity index (χ2n) is 9.07. The molecule has 0 heterocycles. The van der Waals surface area contributed by atoms with Gasteiger partial charge in [-0.3, -0.25) is 0 Å². The van der Waals surface area contributed by atoms with Crippen molar-refractivity contribution in [3.63, 3.8) is 0 Å². The van der Waals surface area contributed by atoms with Gasteiger partial charge in [-0.1, -0.05) is 109 Å². The van der Waals surface area contributed by atoms with Crippen LogP contribution in [0.25, 0.3) is 11.1 Å². The van der Waals surface area contributed by atoms with Crippen molar-refractivity contribution in [1.82, 2.24) is 0 Å². The maximum atomic E-state index is 2.41. The summed E-state index contributed by atoms with van der Waals surface area (Å²) >= 11 is 0. The van der Waals surface area contributed by atoms with Crippen LogP contribution < -0.4 is 0 Å². The average molecular weight is 323 g/mol. The molecule has 0 aliphatic carbocycles. The Balaban J connectivity index is 2.82. The van der Waals surface area contributed by atoms with Crippen molar-refractivity contribution in [3.8, 4) is 11.1 Å². The Morgan fingerprint density at radius 1 is 0.667 bits per heavy atom. The molecular formula is C24H34. The van der Waals surface area contributed by atoms with Gasteiger partial charge in [-0.2, -0.15) is 0 Å². The van der Waals surface area contributed by atoms with Gasteiger partial charge in [0.1, 0.15) is 0 Å². The molecule has 0 radical (unpaired) electrons. The average Bonchev–Trinajstić information content (AvgIpc) is 2.51. The summed E-state index contributed by atoms with van der Waals surface area (Å²) in [6, 6.07) is 19.9. The highest BCUT2D eigenvalue weighted by atomic mass is 14.5. The Morgan fingerprint density at radius 2 is 1.17 bits per heavy atom. The normalized spacial score (nSPS) is 13.1. The van der Waals surface area contributed by atoms with Gasteiger partial charge in [-0.25, -0.2) is 0 Å². The van der Waals surface area contributed by atoms with E-state index in [9.17, 15) is 0 Å². The van der Waals surface area contributed by atoms with Crippen LogP contribution in [-0.4, -0.2) is 0 Å². The van der Waals surface area contributed by atoms with Crippen LogP contribution >= 0.6 is 0 Å². The van der Waals surface area contributed by atoms with Crippen LogP contribution in [-0.2, 0) is 5.41 Å². The summed E-state index contributed by atoms with van der Waals surface area (Å²) in [7, 11) is 0. The molecule has 0 aromatic heterocycles. The number of benzene rings is 2. The maximum Gasteiger partial charge on any atom is 0.00559 e. The summed E-state index contributed by atoms with van der Waals surface area (Å²) in [6.07, 6.45) is 2.39. The Kier molecular flexibility index (Phi) is 5.28. The first-order valence-electron chi connectivity index (χ1n) is 9.30.